The minimum Gasteiger partial charge on any atom is -0.328 e. The van der Waals surface area contributed by atoms with Crippen molar-refractivity contribution in [2.24, 2.45) is 5.73 Å². The SMILES string of the molecule is Cc1cc(CC(C)N)nc(Cc2cccc(F)c2)n1. The fraction of sp³-hybridized carbons (Fsp3) is 0.333. The third kappa shape index (κ3) is 4.10. The number of hydrogen-bond donors (Lipinski definition) is 1. The highest BCUT2D eigenvalue weighted by molar-refractivity contribution is 5.21. The molecule has 0 aliphatic heterocycles. The van der Waals surface area contributed by atoms with Gasteiger partial charge in [-0.15, -0.1) is 0 Å². The Bertz CT molecular complexity index is 567. The molecule has 1 heterocycles. The van der Waals surface area contributed by atoms with Crippen molar-refractivity contribution < 1.29 is 4.39 Å². The lowest BCUT2D eigenvalue weighted by molar-refractivity contribution is 0.625. The van der Waals surface area contributed by atoms with Crippen molar-refractivity contribution >= 4 is 0 Å². The fourth-order valence-corrected chi connectivity index (χ4v) is 2.04. The number of hydrogen-bond acceptors (Lipinski definition) is 3. The Labute approximate surface area is 112 Å². The van der Waals surface area contributed by atoms with Gasteiger partial charge in [-0.05, 0) is 37.6 Å². The Morgan fingerprint density at radius 1 is 1.26 bits per heavy atom. The smallest absolute Gasteiger partial charge is 0.133 e. The molecule has 0 bridgehead atoms. The number of benzene rings is 1. The number of aryl methyl sites for hydroxylation is 1. The molecule has 0 saturated heterocycles. The molecule has 2 aromatic rings. The molecule has 1 unspecified atom stereocenters. The maximum Gasteiger partial charge on any atom is 0.133 e. The highest BCUT2D eigenvalue weighted by Gasteiger charge is 2.06. The number of rotatable bonds is 4. The van der Waals surface area contributed by atoms with Crippen molar-refractivity contribution in [2.45, 2.75) is 32.7 Å². The summed E-state index contributed by atoms with van der Waals surface area (Å²) in [6.07, 6.45) is 1.25. The first-order valence-electron chi connectivity index (χ1n) is 6.36. The summed E-state index contributed by atoms with van der Waals surface area (Å²) in [4.78, 5) is 8.88. The Balaban J connectivity index is 2.22. The van der Waals surface area contributed by atoms with E-state index >= 15 is 0 Å². The summed E-state index contributed by atoms with van der Waals surface area (Å²) in [6, 6.07) is 8.53. The van der Waals surface area contributed by atoms with Gasteiger partial charge >= 0.3 is 0 Å². The van der Waals surface area contributed by atoms with Crippen molar-refractivity contribution in [3.8, 4) is 0 Å². The lowest BCUT2D eigenvalue weighted by atomic mass is 10.1. The van der Waals surface area contributed by atoms with Crippen molar-refractivity contribution in [2.75, 3.05) is 0 Å². The summed E-state index contributed by atoms with van der Waals surface area (Å²) in [5, 5.41) is 0. The molecule has 0 radical (unpaired) electrons. The van der Waals surface area contributed by atoms with E-state index in [4.69, 9.17) is 5.73 Å². The van der Waals surface area contributed by atoms with Gasteiger partial charge in [0.2, 0.25) is 0 Å². The molecule has 0 saturated carbocycles. The van der Waals surface area contributed by atoms with Gasteiger partial charge in [0.1, 0.15) is 11.6 Å². The van der Waals surface area contributed by atoms with E-state index in [-0.39, 0.29) is 11.9 Å². The zero-order valence-electron chi connectivity index (χ0n) is 11.2. The quantitative estimate of drug-likeness (QED) is 0.917. The summed E-state index contributed by atoms with van der Waals surface area (Å²) in [5.74, 6) is 0.474. The maximum atomic E-state index is 13.1. The van der Waals surface area contributed by atoms with Gasteiger partial charge in [0.15, 0.2) is 0 Å². The summed E-state index contributed by atoms with van der Waals surface area (Å²) in [7, 11) is 0. The Morgan fingerprint density at radius 2 is 2.05 bits per heavy atom. The van der Waals surface area contributed by atoms with E-state index in [1.54, 1.807) is 6.07 Å². The normalized spacial score (nSPS) is 12.4. The standard InChI is InChI=1S/C15H18FN3/c1-10(17)6-14-7-11(2)18-15(19-14)9-12-4-3-5-13(16)8-12/h3-5,7-8,10H,6,9,17H2,1-2H3. The van der Waals surface area contributed by atoms with E-state index in [2.05, 4.69) is 9.97 Å². The third-order valence-corrected chi connectivity index (χ3v) is 2.74. The average molecular weight is 259 g/mol. The maximum absolute atomic E-state index is 13.1. The first kappa shape index (κ1) is 13.6. The summed E-state index contributed by atoms with van der Waals surface area (Å²) in [5.41, 5.74) is 8.51. The van der Waals surface area contributed by atoms with Crippen molar-refractivity contribution in [1.29, 1.82) is 0 Å². The third-order valence-electron chi connectivity index (χ3n) is 2.74. The van der Waals surface area contributed by atoms with Crippen molar-refractivity contribution in [1.82, 2.24) is 9.97 Å². The molecule has 2 N–H and O–H groups in total. The van der Waals surface area contributed by atoms with Crippen LogP contribution < -0.4 is 5.73 Å². The van der Waals surface area contributed by atoms with E-state index < -0.39 is 0 Å². The van der Waals surface area contributed by atoms with Gasteiger partial charge in [-0.3, -0.25) is 0 Å². The molecular formula is C15H18FN3. The molecule has 0 spiro atoms. The van der Waals surface area contributed by atoms with Gasteiger partial charge in [0.05, 0.1) is 0 Å². The Kier molecular flexibility index (Phi) is 4.22. The van der Waals surface area contributed by atoms with E-state index in [9.17, 15) is 4.39 Å². The van der Waals surface area contributed by atoms with Gasteiger partial charge in [-0.1, -0.05) is 12.1 Å². The average Bonchev–Trinajstić information content (AvgIpc) is 2.26. The molecule has 0 amide bonds. The van der Waals surface area contributed by atoms with Crippen LogP contribution in [0.15, 0.2) is 30.3 Å². The molecule has 0 aliphatic rings. The van der Waals surface area contributed by atoms with Crippen LogP contribution >= 0.6 is 0 Å². The zero-order valence-corrected chi connectivity index (χ0v) is 11.2. The van der Waals surface area contributed by atoms with Crippen LogP contribution in [0.2, 0.25) is 0 Å². The van der Waals surface area contributed by atoms with Crippen LogP contribution in [0.5, 0.6) is 0 Å². The highest BCUT2D eigenvalue weighted by atomic mass is 19.1. The Hall–Kier alpha value is -1.81. The second kappa shape index (κ2) is 5.89. The van der Waals surface area contributed by atoms with Crippen LogP contribution in [0.4, 0.5) is 4.39 Å². The number of aromatic nitrogens is 2. The number of nitrogens with zero attached hydrogens (tertiary/aromatic N) is 2. The molecule has 100 valence electrons. The van der Waals surface area contributed by atoms with Crippen LogP contribution in [0.3, 0.4) is 0 Å². The summed E-state index contributed by atoms with van der Waals surface area (Å²) in [6.45, 7) is 3.88. The second-order valence-electron chi connectivity index (χ2n) is 4.90. The van der Waals surface area contributed by atoms with Crippen LogP contribution in [0.1, 0.15) is 29.7 Å². The van der Waals surface area contributed by atoms with E-state index in [0.29, 0.717) is 12.2 Å². The highest BCUT2D eigenvalue weighted by Crippen LogP contribution is 2.10. The molecule has 1 aromatic heterocycles. The van der Waals surface area contributed by atoms with E-state index in [1.165, 1.54) is 12.1 Å². The summed E-state index contributed by atoms with van der Waals surface area (Å²) >= 11 is 0. The lowest BCUT2D eigenvalue weighted by Crippen LogP contribution is -2.19. The van der Waals surface area contributed by atoms with E-state index in [1.807, 2.05) is 26.0 Å². The molecule has 4 heteroatoms. The molecule has 0 aliphatic carbocycles. The minimum atomic E-state index is -0.235. The molecule has 1 atom stereocenters. The van der Waals surface area contributed by atoms with Gasteiger partial charge < -0.3 is 5.73 Å². The van der Waals surface area contributed by atoms with Gasteiger partial charge in [0.25, 0.3) is 0 Å². The van der Waals surface area contributed by atoms with Crippen LogP contribution in [-0.2, 0) is 12.8 Å². The monoisotopic (exact) mass is 259 g/mol. The largest absolute Gasteiger partial charge is 0.328 e. The molecule has 1 aromatic carbocycles. The summed E-state index contributed by atoms with van der Waals surface area (Å²) < 4.78 is 13.1. The van der Waals surface area contributed by atoms with Gasteiger partial charge in [-0.25, -0.2) is 14.4 Å². The molecule has 3 nitrogen and oxygen atoms in total. The predicted molar refractivity (Wildman–Crippen MR) is 73.3 cm³/mol. The Morgan fingerprint density at radius 3 is 2.74 bits per heavy atom. The minimum absolute atomic E-state index is 0.0660. The second-order valence-corrected chi connectivity index (χ2v) is 4.90. The fourth-order valence-electron chi connectivity index (χ4n) is 2.04. The van der Waals surface area contributed by atoms with Crippen molar-refractivity contribution in [3.63, 3.8) is 0 Å². The van der Waals surface area contributed by atoms with Gasteiger partial charge in [-0.2, -0.15) is 0 Å². The van der Waals surface area contributed by atoms with Crippen LogP contribution in [0, 0.1) is 12.7 Å². The zero-order chi connectivity index (χ0) is 13.8. The first-order chi connectivity index (χ1) is 9.02. The number of nitrogens with two attached hydrogens (primary N) is 1. The molecule has 19 heavy (non-hydrogen) atoms. The molecule has 2 rings (SSSR count). The van der Waals surface area contributed by atoms with Gasteiger partial charge in [0, 0.05) is 30.3 Å². The van der Waals surface area contributed by atoms with E-state index in [0.717, 1.165) is 23.4 Å². The topological polar surface area (TPSA) is 51.8 Å². The molecule has 0 fully saturated rings. The molecular weight excluding hydrogens is 241 g/mol. The number of halogens is 1. The van der Waals surface area contributed by atoms with Crippen molar-refractivity contribution in [3.05, 3.63) is 58.9 Å². The van der Waals surface area contributed by atoms with Crippen LogP contribution in [-0.4, -0.2) is 16.0 Å². The predicted octanol–water partition coefficient (Wildman–Crippen LogP) is 2.40. The first-order valence-corrected chi connectivity index (χ1v) is 6.36. The van der Waals surface area contributed by atoms with Crippen LogP contribution in [0.25, 0.3) is 0 Å². The lowest BCUT2D eigenvalue weighted by Gasteiger charge is -2.08.